The molecular weight excluding hydrogens is 348 g/mol. The molecule has 3 aromatic carbocycles. The van der Waals surface area contributed by atoms with Crippen LogP contribution < -0.4 is 9.64 Å². The van der Waals surface area contributed by atoms with Crippen molar-refractivity contribution < 1.29 is 4.74 Å². The molecule has 0 saturated carbocycles. The second-order valence-electron chi connectivity index (χ2n) is 6.70. The van der Waals surface area contributed by atoms with Gasteiger partial charge in [0.25, 0.3) is 0 Å². The van der Waals surface area contributed by atoms with E-state index in [1.807, 2.05) is 73.7 Å². The summed E-state index contributed by atoms with van der Waals surface area (Å²) in [6.07, 6.45) is 3.69. The van der Waals surface area contributed by atoms with Gasteiger partial charge in [-0.25, -0.2) is 4.98 Å². The van der Waals surface area contributed by atoms with Crippen LogP contribution in [-0.2, 0) is 0 Å². The Bertz CT molecular complexity index is 1130. The third-order valence-corrected chi connectivity index (χ3v) is 4.65. The van der Waals surface area contributed by atoms with Crippen molar-refractivity contribution in [2.24, 2.45) is 4.99 Å². The minimum atomic E-state index is 0.810. The molecule has 4 rings (SSSR count). The van der Waals surface area contributed by atoms with Gasteiger partial charge in [-0.15, -0.1) is 0 Å². The molecule has 0 N–H and O–H groups in total. The largest absolute Gasteiger partial charge is 0.495 e. The van der Waals surface area contributed by atoms with Crippen molar-refractivity contribution in [3.05, 3.63) is 78.6 Å². The summed E-state index contributed by atoms with van der Waals surface area (Å²) in [5.74, 6) is 0.810. The van der Waals surface area contributed by atoms with Crippen LogP contribution in [0.25, 0.3) is 16.7 Å². The molecule has 1 heterocycles. The van der Waals surface area contributed by atoms with Gasteiger partial charge in [-0.05, 0) is 48.0 Å². The van der Waals surface area contributed by atoms with E-state index >= 15 is 0 Å². The predicted molar refractivity (Wildman–Crippen MR) is 116 cm³/mol. The van der Waals surface area contributed by atoms with Crippen LogP contribution in [0.1, 0.15) is 5.56 Å². The van der Waals surface area contributed by atoms with Gasteiger partial charge in [-0.1, -0.05) is 24.3 Å². The lowest BCUT2D eigenvalue weighted by atomic mass is 10.2. The molecule has 0 unspecified atom stereocenters. The van der Waals surface area contributed by atoms with Gasteiger partial charge in [-0.3, -0.25) is 9.56 Å². The Morgan fingerprint density at radius 2 is 1.79 bits per heavy atom. The molecule has 0 atom stereocenters. The zero-order valence-electron chi connectivity index (χ0n) is 16.2. The highest BCUT2D eigenvalue weighted by Gasteiger charge is 2.09. The first kappa shape index (κ1) is 17.8. The molecule has 0 radical (unpaired) electrons. The molecule has 0 aliphatic carbocycles. The molecule has 5 nitrogen and oxygen atoms in total. The zero-order chi connectivity index (χ0) is 19.5. The molecule has 0 aliphatic heterocycles. The first-order valence-electron chi connectivity index (χ1n) is 9.07. The standard InChI is InChI=1S/C23H22N4O/c1-26(2)19-11-8-17(9-12-19)15-24-18-10-13-21-20(14-18)25-16-27(21)22-6-4-5-7-23(22)28-3/h4-16H,1-3H3. The van der Waals surface area contributed by atoms with Crippen LogP contribution in [0.4, 0.5) is 11.4 Å². The van der Waals surface area contributed by atoms with Crippen molar-refractivity contribution >= 4 is 28.6 Å². The van der Waals surface area contributed by atoms with Crippen LogP contribution in [0.15, 0.2) is 78.0 Å². The Morgan fingerprint density at radius 3 is 2.54 bits per heavy atom. The number of rotatable bonds is 5. The first-order chi connectivity index (χ1) is 13.7. The van der Waals surface area contributed by atoms with Gasteiger partial charge < -0.3 is 9.64 Å². The summed E-state index contributed by atoms with van der Waals surface area (Å²) in [6.45, 7) is 0. The third kappa shape index (κ3) is 3.47. The van der Waals surface area contributed by atoms with E-state index in [0.717, 1.165) is 33.7 Å². The Hall–Kier alpha value is -3.60. The van der Waals surface area contributed by atoms with Crippen LogP contribution in [0.2, 0.25) is 0 Å². The van der Waals surface area contributed by atoms with Crippen molar-refractivity contribution in [2.45, 2.75) is 0 Å². The van der Waals surface area contributed by atoms with Crippen molar-refractivity contribution in [1.82, 2.24) is 9.55 Å². The van der Waals surface area contributed by atoms with Gasteiger partial charge in [0, 0.05) is 26.0 Å². The number of ether oxygens (including phenoxy) is 1. The lowest BCUT2D eigenvalue weighted by Gasteiger charge is -2.11. The molecular formula is C23H22N4O. The molecule has 0 spiro atoms. The monoisotopic (exact) mass is 370 g/mol. The van der Waals surface area contributed by atoms with Crippen molar-refractivity contribution in [2.75, 3.05) is 26.1 Å². The van der Waals surface area contributed by atoms with Crippen LogP contribution in [-0.4, -0.2) is 37.0 Å². The molecule has 140 valence electrons. The molecule has 5 heteroatoms. The number of hydrogen-bond acceptors (Lipinski definition) is 4. The predicted octanol–water partition coefficient (Wildman–Crippen LogP) is 4.85. The van der Waals surface area contributed by atoms with E-state index in [4.69, 9.17) is 4.74 Å². The van der Waals surface area contributed by atoms with E-state index < -0.39 is 0 Å². The molecule has 28 heavy (non-hydrogen) atoms. The molecule has 0 saturated heterocycles. The quantitative estimate of drug-likeness (QED) is 0.472. The summed E-state index contributed by atoms with van der Waals surface area (Å²) in [7, 11) is 5.74. The molecule has 0 fully saturated rings. The summed E-state index contributed by atoms with van der Waals surface area (Å²) in [6, 6.07) is 22.2. The van der Waals surface area contributed by atoms with Crippen LogP contribution >= 0.6 is 0 Å². The molecule has 0 aliphatic rings. The van der Waals surface area contributed by atoms with Gasteiger partial charge in [0.1, 0.15) is 12.1 Å². The number of nitrogens with zero attached hydrogens (tertiary/aromatic N) is 4. The van der Waals surface area contributed by atoms with E-state index in [1.165, 1.54) is 5.69 Å². The molecule has 4 aromatic rings. The summed E-state index contributed by atoms with van der Waals surface area (Å²) in [4.78, 5) is 11.2. The summed E-state index contributed by atoms with van der Waals surface area (Å²) in [5.41, 5.74) is 5.96. The van der Waals surface area contributed by atoms with Gasteiger partial charge in [0.15, 0.2) is 0 Å². The minimum Gasteiger partial charge on any atom is -0.495 e. The highest BCUT2D eigenvalue weighted by Crippen LogP contribution is 2.28. The SMILES string of the molecule is COc1ccccc1-n1cnc2cc(N=Cc3ccc(N(C)C)cc3)ccc21. The van der Waals surface area contributed by atoms with Crippen molar-refractivity contribution in [3.8, 4) is 11.4 Å². The second-order valence-corrected chi connectivity index (χ2v) is 6.70. The van der Waals surface area contributed by atoms with Crippen LogP contribution in [0.3, 0.4) is 0 Å². The van der Waals surface area contributed by atoms with Crippen LogP contribution in [0, 0.1) is 0 Å². The molecule has 1 aromatic heterocycles. The molecule has 0 bridgehead atoms. The fourth-order valence-electron chi connectivity index (χ4n) is 3.11. The lowest BCUT2D eigenvalue weighted by Crippen LogP contribution is -2.08. The highest BCUT2D eigenvalue weighted by molar-refractivity contribution is 5.85. The van der Waals surface area contributed by atoms with E-state index in [9.17, 15) is 0 Å². The number of fused-ring (bicyclic) bond motifs is 1. The van der Waals surface area contributed by atoms with E-state index in [0.29, 0.717) is 0 Å². The van der Waals surface area contributed by atoms with Crippen molar-refractivity contribution in [1.29, 1.82) is 0 Å². The number of anilines is 1. The average molecular weight is 370 g/mol. The minimum absolute atomic E-state index is 0.810. The second kappa shape index (κ2) is 7.56. The highest BCUT2D eigenvalue weighted by atomic mass is 16.5. The van der Waals surface area contributed by atoms with E-state index in [-0.39, 0.29) is 0 Å². The number of benzene rings is 3. The van der Waals surface area contributed by atoms with E-state index in [2.05, 4.69) is 39.1 Å². The summed E-state index contributed by atoms with van der Waals surface area (Å²) in [5, 5.41) is 0. The smallest absolute Gasteiger partial charge is 0.142 e. The Labute approximate surface area is 164 Å². The lowest BCUT2D eigenvalue weighted by molar-refractivity contribution is 0.413. The van der Waals surface area contributed by atoms with Crippen LogP contribution in [0.5, 0.6) is 5.75 Å². The number of aromatic nitrogens is 2. The van der Waals surface area contributed by atoms with Gasteiger partial charge >= 0.3 is 0 Å². The first-order valence-corrected chi connectivity index (χ1v) is 9.07. The van der Waals surface area contributed by atoms with Gasteiger partial charge in [-0.2, -0.15) is 0 Å². The average Bonchev–Trinajstić information content (AvgIpc) is 3.15. The van der Waals surface area contributed by atoms with Gasteiger partial charge in [0.05, 0.1) is 29.5 Å². The number of aliphatic imine (C=N–C) groups is 1. The normalized spacial score (nSPS) is 11.2. The number of para-hydroxylation sites is 2. The number of imidazole rings is 1. The maximum Gasteiger partial charge on any atom is 0.142 e. The Balaban J connectivity index is 1.62. The fraction of sp³-hybridized carbons (Fsp3) is 0.130. The van der Waals surface area contributed by atoms with E-state index in [1.54, 1.807) is 7.11 Å². The molecule has 0 amide bonds. The Kier molecular flexibility index (Phi) is 4.81. The maximum absolute atomic E-state index is 5.48. The topological polar surface area (TPSA) is 42.6 Å². The van der Waals surface area contributed by atoms with Gasteiger partial charge in [0.2, 0.25) is 0 Å². The van der Waals surface area contributed by atoms with Crippen molar-refractivity contribution in [3.63, 3.8) is 0 Å². The fourth-order valence-corrected chi connectivity index (χ4v) is 3.11. The summed E-state index contributed by atoms with van der Waals surface area (Å²) >= 11 is 0. The third-order valence-electron chi connectivity index (χ3n) is 4.65. The number of methoxy groups -OCH3 is 1. The zero-order valence-corrected chi connectivity index (χ0v) is 16.2. The maximum atomic E-state index is 5.48. The summed E-state index contributed by atoms with van der Waals surface area (Å²) < 4.78 is 7.51. The number of hydrogen-bond donors (Lipinski definition) is 0. The Morgan fingerprint density at radius 1 is 1.00 bits per heavy atom.